The SMILES string of the molecule is CCC[C@H]1CC[C@H](c2ccc(OC(C)=O)c(Br)c2)CC1. The van der Waals surface area contributed by atoms with Crippen LogP contribution in [0.5, 0.6) is 5.75 Å². The average Bonchev–Trinajstić information content (AvgIpc) is 2.42. The second-order valence-electron chi connectivity index (χ2n) is 5.79. The third-order valence-electron chi connectivity index (χ3n) is 4.22. The first kappa shape index (κ1) is 15.6. The highest BCUT2D eigenvalue weighted by Crippen LogP contribution is 2.39. The van der Waals surface area contributed by atoms with E-state index in [1.54, 1.807) is 0 Å². The molecule has 0 bridgehead atoms. The number of rotatable bonds is 4. The predicted octanol–water partition coefficient (Wildman–Crippen LogP) is 5.45. The van der Waals surface area contributed by atoms with Crippen molar-refractivity contribution in [2.45, 2.75) is 58.3 Å². The summed E-state index contributed by atoms with van der Waals surface area (Å²) in [5.74, 6) is 1.92. The second kappa shape index (κ2) is 7.26. The van der Waals surface area contributed by atoms with Crippen LogP contribution in [-0.4, -0.2) is 5.97 Å². The van der Waals surface area contributed by atoms with Gasteiger partial charge in [0.1, 0.15) is 5.75 Å². The van der Waals surface area contributed by atoms with Gasteiger partial charge in [0.05, 0.1) is 4.47 Å². The summed E-state index contributed by atoms with van der Waals surface area (Å²) in [7, 11) is 0. The van der Waals surface area contributed by atoms with Crippen LogP contribution in [0.15, 0.2) is 22.7 Å². The van der Waals surface area contributed by atoms with E-state index in [4.69, 9.17) is 4.74 Å². The van der Waals surface area contributed by atoms with E-state index < -0.39 is 0 Å². The van der Waals surface area contributed by atoms with E-state index in [9.17, 15) is 4.79 Å². The monoisotopic (exact) mass is 338 g/mol. The van der Waals surface area contributed by atoms with Gasteiger partial charge in [-0.1, -0.05) is 25.8 Å². The first-order chi connectivity index (χ1) is 9.60. The summed E-state index contributed by atoms with van der Waals surface area (Å²) in [6.07, 6.45) is 7.94. The van der Waals surface area contributed by atoms with Crippen molar-refractivity contribution < 1.29 is 9.53 Å². The summed E-state index contributed by atoms with van der Waals surface area (Å²) < 4.78 is 6.03. The summed E-state index contributed by atoms with van der Waals surface area (Å²) in [4.78, 5) is 11.0. The zero-order valence-electron chi connectivity index (χ0n) is 12.3. The summed E-state index contributed by atoms with van der Waals surface area (Å²) in [5, 5.41) is 0. The van der Waals surface area contributed by atoms with Crippen molar-refractivity contribution in [3.05, 3.63) is 28.2 Å². The van der Waals surface area contributed by atoms with E-state index in [-0.39, 0.29) is 5.97 Å². The van der Waals surface area contributed by atoms with Gasteiger partial charge in [0.15, 0.2) is 0 Å². The number of esters is 1. The minimum absolute atomic E-state index is 0.279. The summed E-state index contributed by atoms with van der Waals surface area (Å²) >= 11 is 3.50. The fourth-order valence-electron chi connectivity index (χ4n) is 3.20. The molecule has 1 aliphatic carbocycles. The van der Waals surface area contributed by atoms with Crippen molar-refractivity contribution in [1.82, 2.24) is 0 Å². The largest absolute Gasteiger partial charge is 0.426 e. The van der Waals surface area contributed by atoms with E-state index in [1.165, 1.54) is 51.0 Å². The highest BCUT2D eigenvalue weighted by molar-refractivity contribution is 9.10. The first-order valence-electron chi connectivity index (χ1n) is 7.58. The molecule has 1 fully saturated rings. The Kier molecular flexibility index (Phi) is 5.64. The number of hydrogen-bond acceptors (Lipinski definition) is 2. The molecule has 0 radical (unpaired) electrons. The van der Waals surface area contributed by atoms with E-state index in [0.29, 0.717) is 11.7 Å². The van der Waals surface area contributed by atoms with Crippen molar-refractivity contribution in [3.63, 3.8) is 0 Å². The van der Waals surface area contributed by atoms with Crippen molar-refractivity contribution in [1.29, 1.82) is 0 Å². The van der Waals surface area contributed by atoms with Crippen LogP contribution in [0.1, 0.15) is 63.9 Å². The molecule has 0 heterocycles. The molecule has 1 aromatic rings. The van der Waals surface area contributed by atoms with Gasteiger partial charge in [-0.25, -0.2) is 0 Å². The van der Waals surface area contributed by atoms with Crippen molar-refractivity contribution in [2.24, 2.45) is 5.92 Å². The van der Waals surface area contributed by atoms with Gasteiger partial charge >= 0.3 is 5.97 Å². The number of benzene rings is 1. The topological polar surface area (TPSA) is 26.3 Å². The van der Waals surface area contributed by atoms with Gasteiger partial charge in [-0.2, -0.15) is 0 Å². The molecule has 0 aromatic heterocycles. The fraction of sp³-hybridized carbons (Fsp3) is 0.588. The van der Waals surface area contributed by atoms with Gasteiger partial charge in [0.25, 0.3) is 0 Å². The Hall–Kier alpha value is -0.830. The van der Waals surface area contributed by atoms with Crippen LogP contribution < -0.4 is 4.74 Å². The van der Waals surface area contributed by atoms with Crippen molar-refractivity contribution in [3.8, 4) is 5.75 Å². The van der Waals surface area contributed by atoms with E-state index in [2.05, 4.69) is 35.0 Å². The normalized spacial score (nSPS) is 22.6. The van der Waals surface area contributed by atoms with Crippen LogP contribution in [-0.2, 0) is 4.79 Å². The Balaban J connectivity index is 2.00. The van der Waals surface area contributed by atoms with Gasteiger partial charge in [-0.3, -0.25) is 4.79 Å². The van der Waals surface area contributed by atoms with E-state index in [0.717, 1.165) is 10.4 Å². The van der Waals surface area contributed by atoms with Gasteiger partial charge in [0, 0.05) is 6.92 Å². The summed E-state index contributed by atoms with van der Waals surface area (Å²) in [6.45, 7) is 3.70. The maximum atomic E-state index is 11.0. The predicted molar refractivity (Wildman–Crippen MR) is 85.1 cm³/mol. The van der Waals surface area contributed by atoms with Gasteiger partial charge in [0.2, 0.25) is 0 Å². The average molecular weight is 339 g/mol. The molecule has 110 valence electrons. The number of carbonyl (C=O) groups excluding carboxylic acids is 1. The lowest BCUT2D eigenvalue weighted by atomic mass is 9.77. The quantitative estimate of drug-likeness (QED) is 0.539. The highest BCUT2D eigenvalue weighted by Gasteiger charge is 2.22. The molecule has 0 unspecified atom stereocenters. The molecule has 1 aromatic carbocycles. The molecule has 1 aliphatic rings. The maximum absolute atomic E-state index is 11.0. The zero-order chi connectivity index (χ0) is 14.5. The third kappa shape index (κ3) is 4.08. The molecule has 0 saturated heterocycles. The van der Waals surface area contributed by atoms with Gasteiger partial charge in [-0.15, -0.1) is 0 Å². The van der Waals surface area contributed by atoms with Crippen molar-refractivity contribution in [2.75, 3.05) is 0 Å². The lowest BCUT2D eigenvalue weighted by Gasteiger charge is -2.28. The number of carbonyl (C=O) groups is 1. The molecule has 2 nitrogen and oxygen atoms in total. The van der Waals surface area contributed by atoms with Crippen LogP contribution in [0.2, 0.25) is 0 Å². The Labute approximate surface area is 130 Å². The standard InChI is InChI=1S/C17H23BrO2/c1-3-4-13-5-7-14(8-6-13)15-9-10-17(16(18)11-15)20-12(2)19/h9-11,13-14H,3-8H2,1-2H3/t13-,14-. The summed E-state index contributed by atoms with van der Waals surface area (Å²) in [6, 6.07) is 6.12. The van der Waals surface area contributed by atoms with Crippen LogP contribution in [0.25, 0.3) is 0 Å². The number of halogens is 1. The number of hydrogen-bond donors (Lipinski definition) is 0. The summed E-state index contributed by atoms with van der Waals surface area (Å²) in [5.41, 5.74) is 1.36. The molecular weight excluding hydrogens is 316 g/mol. The molecule has 2 rings (SSSR count). The minimum atomic E-state index is -0.279. The molecule has 0 N–H and O–H groups in total. The Morgan fingerprint density at radius 2 is 2.00 bits per heavy atom. The molecular formula is C17H23BrO2. The van der Waals surface area contributed by atoms with Crippen LogP contribution in [0, 0.1) is 5.92 Å². The third-order valence-corrected chi connectivity index (χ3v) is 4.84. The zero-order valence-corrected chi connectivity index (χ0v) is 13.9. The van der Waals surface area contributed by atoms with Crippen LogP contribution in [0.4, 0.5) is 0 Å². The smallest absolute Gasteiger partial charge is 0.308 e. The molecule has 0 amide bonds. The molecule has 0 spiro atoms. The maximum Gasteiger partial charge on any atom is 0.308 e. The second-order valence-corrected chi connectivity index (χ2v) is 6.64. The van der Waals surface area contributed by atoms with Crippen LogP contribution >= 0.6 is 15.9 Å². The van der Waals surface area contributed by atoms with E-state index in [1.807, 2.05) is 6.07 Å². The Bertz CT molecular complexity index is 462. The first-order valence-corrected chi connectivity index (χ1v) is 8.37. The van der Waals surface area contributed by atoms with Crippen LogP contribution in [0.3, 0.4) is 0 Å². The van der Waals surface area contributed by atoms with Gasteiger partial charge < -0.3 is 4.74 Å². The highest BCUT2D eigenvalue weighted by atomic mass is 79.9. The minimum Gasteiger partial charge on any atom is -0.426 e. The fourth-order valence-corrected chi connectivity index (χ4v) is 3.68. The molecule has 3 heteroatoms. The molecule has 20 heavy (non-hydrogen) atoms. The number of ether oxygens (including phenoxy) is 1. The molecule has 1 saturated carbocycles. The van der Waals surface area contributed by atoms with Crippen molar-refractivity contribution >= 4 is 21.9 Å². The molecule has 0 atom stereocenters. The lowest BCUT2D eigenvalue weighted by Crippen LogP contribution is -2.13. The lowest BCUT2D eigenvalue weighted by molar-refractivity contribution is -0.131. The van der Waals surface area contributed by atoms with Gasteiger partial charge in [-0.05, 0) is 71.1 Å². The Morgan fingerprint density at radius 3 is 2.55 bits per heavy atom. The Morgan fingerprint density at radius 1 is 1.30 bits per heavy atom. The van der Waals surface area contributed by atoms with E-state index >= 15 is 0 Å². The molecule has 0 aliphatic heterocycles.